The summed E-state index contributed by atoms with van der Waals surface area (Å²) in [7, 11) is 0. The summed E-state index contributed by atoms with van der Waals surface area (Å²) in [5.41, 5.74) is 9.63. The van der Waals surface area contributed by atoms with E-state index in [2.05, 4.69) is 20.4 Å². The molecule has 0 radical (unpaired) electrons. The third-order valence-corrected chi connectivity index (χ3v) is 4.78. The number of nitrogen functional groups attached to an aromatic ring is 1. The van der Waals surface area contributed by atoms with Gasteiger partial charge in [-0.2, -0.15) is 9.78 Å². The Kier molecular flexibility index (Phi) is 5.37. The summed E-state index contributed by atoms with van der Waals surface area (Å²) in [6.45, 7) is 4.57. The maximum Gasteiger partial charge on any atom is 0.257 e. The summed E-state index contributed by atoms with van der Waals surface area (Å²) in [5, 5.41) is 7.98. The van der Waals surface area contributed by atoms with Crippen LogP contribution in [0.25, 0.3) is 22.2 Å². The largest absolute Gasteiger partial charge is 0.383 e. The fraction of sp³-hybridized carbons (Fsp3) is 0.182. The van der Waals surface area contributed by atoms with Gasteiger partial charge in [-0.1, -0.05) is 49.7 Å². The van der Waals surface area contributed by atoms with Gasteiger partial charge in [-0.15, -0.1) is 0 Å². The Morgan fingerprint density at radius 1 is 1.20 bits per heavy atom. The number of hydrogen-bond donors (Lipinski definition) is 2. The molecule has 0 aliphatic heterocycles. The molecule has 0 atom stereocenters. The van der Waals surface area contributed by atoms with Crippen LogP contribution < -0.4 is 11.1 Å². The number of halogens is 1. The van der Waals surface area contributed by atoms with Crippen molar-refractivity contribution in [2.45, 2.75) is 13.8 Å². The molecule has 4 rings (SSSR count). The van der Waals surface area contributed by atoms with Gasteiger partial charge in [-0.25, -0.2) is 9.97 Å². The van der Waals surface area contributed by atoms with Crippen molar-refractivity contribution in [2.24, 2.45) is 11.0 Å². The standard InChI is InChI=1S/C22H21ClN6O/c1-13(2)11-25-22(30)18-19-21(28-17-9-4-3-8-16(17)27-19)29(20(18)24)26-12-14-6-5-7-15(23)10-14/h3-10,12-13H,11,24H2,1-2H3,(H,25,30)/b26-12-. The van der Waals surface area contributed by atoms with Crippen LogP contribution in [0.4, 0.5) is 5.82 Å². The highest BCUT2D eigenvalue weighted by atomic mass is 35.5. The SMILES string of the molecule is CC(C)CNC(=O)c1c(N)n(/N=C\c2cccc(Cl)c2)c2nc3ccccc3nc12. The molecule has 2 heterocycles. The second-order valence-electron chi connectivity index (χ2n) is 7.36. The average Bonchev–Trinajstić information content (AvgIpc) is 2.99. The van der Waals surface area contributed by atoms with Gasteiger partial charge in [0.15, 0.2) is 5.65 Å². The first-order valence-corrected chi connectivity index (χ1v) is 9.96. The Bertz CT molecular complexity index is 1280. The minimum atomic E-state index is -0.299. The van der Waals surface area contributed by atoms with Crippen LogP contribution in [0.15, 0.2) is 53.6 Å². The molecule has 2 aromatic heterocycles. The van der Waals surface area contributed by atoms with Crippen molar-refractivity contribution in [3.8, 4) is 0 Å². The molecule has 4 aromatic rings. The van der Waals surface area contributed by atoms with E-state index in [4.69, 9.17) is 17.3 Å². The highest BCUT2D eigenvalue weighted by Gasteiger charge is 2.24. The third-order valence-electron chi connectivity index (χ3n) is 4.54. The summed E-state index contributed by atoms with van der Waals surface area (Å²) < 4.78 is 1.44. The molecule has 7 nitrogen and oxygen atoms in total. The maximum atomic E-state index is 12.9. The van der Waals surface area contributed by atoms with Crippen LogP contribution in [0, 0.1) is 5.92 Å². The van der Waals surface area contributed by atoms with Gasteiger partial charge in [0.2, 0.25) is 0 Å². The van der Waals surface area contributed by atoms with Gasteiger partial charge >= 0.3 is 0 Å². The number of benzene rings is 2. The van der Waals surface area contributed by atoms with Crippen LogP contribution in [0.1, 0.15) is 29.8 Å². The normalized spacial score (nSPS) is 11.7. The number of nitrogens with zero attached hydrogens (tertiary/aromatic N) is 4. The van der Waals surface area contributed by atoms with E-state index in [0.29, 0.717) is 39.7 Å². The van der Waals surface area contributed by atoms with Crippen LogP contribution >= 0.6 is 11.6 Å². The van der Waals surface area contributed by atoms with Gasteiger partial charge in [0.25, 0.3) is 5.91 Å². The summed E-state index contributed by atoms with van der Waals surface area (Å²) in [5.74, 6) is 0.184. The van der Waals surface area contributed by atoms with Crippen LogP contribution in [0.3, 0.4) is 0 Å². The summed E-state index contributed by atoms with van der Waals surface area (Å²) in [4.78, 5) is 22.2. The van der Waals surface area contributed by atoms with Crippen LogP contribution in [0.2, 0.25) is 5.02 Å². The van der Waals surface area contributed by atoms with Gasteiger partial charge in [0, 0.05) is 11.6 Å². The zero-order valence-electron chi connectivity index (χ0n) is 16.6. The van der Waals surface area contributed by atoms with Gasteiger partial charge in [-0.3, -0.25) is 4.79 Å². The molecule has 0 spiro atoms. The van der Waals surface area contributed by atoms with Crippen LogP contribution in [-0.2, 0) is 0 Å². The van der Waals surface area contributed by atoms with Crippen molar-refractivity contribution in [1.82, 2.24) is 20.0 Å². The highest BCUT2D eigenvalue weighted by Crippen LogP contribution is 2.28. The molecule has 8 heteroatoms. The predicted molar refractivity (Wildman–Crippen MR) is 121 cm³/mol. The minimum absolute atomic E-state index is 0.180. The fourth-order valence-electron chi connectivity index (χ4n) is 3.08. The molecule has 3 N–H and O–H groups in total. The lowest BCUT2D eigenvalue weighted by molar-refractivity contribution is 0.0951. The number of hydrogen-bond acceptors (Lipinski definition) is 5. The van der Waals surface area contributed by atoms with E-state index in [1.54, 1.807) is 18.3 Å². The first kappa shape index (κ1) is 19.8. The number of nitrogens with one attached hydrogen (secondary N) is 1. The molecule has 0 unspecified atom stereocenters. The number of amides is 1. The molecule has 0 aliphatic rings. The summed E-state index contributed by atoms with van der Waals surface area (Å²) >= 11 is 6.06. The summed E-state index contributed by atoms with van der Waals surface area (Å²) in [6.07, 6.45) is 1.62. The van der Waals surface area contributed by atoms with Crippen molar-refractivity contribution in [2.75, 3.05) is 12.3 Å². The second-order valence-corrected chi connectivity index (χ2v) is 7.80. The molecule has 0 bridgehead atoms. The molecule has 2 aromatic carbocycles. The molecular formula is C22H21ClN6O. The Balaban J connectivity index is 1.89. The Hall–Kier alpha value is -3.45. The lowest BCUT2D eigenvalue weighted by Gasteiger charge is -2.07. The molecule has 0 saturated carbocycles. The van der Waals surface area contributed by atoms with E-state index in [-0.39, 0.29) is 17.3 Å². The molecule has 152 valence electrons. The lowest BCUT2D eigenvalue weighted by atomic mass is 10.2. The molecule has 1 amide bonds. The Labute approximate surface area is 178 Å². The van der Waals surface area contributed by atoms with Crippen LogP contribution in [-0.4, -0.2) is 33.3 Å². The monoisotopic (exact) mass is 420 g/mol. The maximum absolute atomic E-state index is 12.9. The number of carbonyl (C=O) groups excluding carboxylic acids is 1. The predicted octanol–water partition coefficient (Wildman–Crippen LogP) is 4.09. The van der Waals surface area contributed by atoms with Crippen molar-refractivity contribution < 1.29 is 4.79 Å². The number of anilines is 1. The van der Waals surface area contributed by atoms with Crippen molar-refractivity contribution >= 4 is 51.7 Å². The smallest absolute Gasteiger partial charge is 0.257 e. The second kappa shape index (κ2) is 8.12. The van der Waals surface area contributed by atoms with Crippen molar-refractivity contribution in [1.29, 1.82) is 0 Å². The molecular weight excluding hydrogens is 400 g/mol. The minimum Gasteiger partial charge on any atom is -0.383 e. The van der Waals surface area contributed by atoms with Crippen LogP contribution in [0.5, 0.6) is 0 Å². The van der Waals surface area contributed by atoms with E-state index in [1.807, 2.05) is 50.2 Å². The molecule has 0 saturated heterocycles. The number of nitrogens with two attached hydrogens (primary N) is 1. The number of carbonyl (C=O) groups is 1. The highest BCUT2D eigenvalue weighted by molar-refractivity contribution is 6.30. The molecule has 30 heavy (non-hydrogen) atoms. The van der Waals surface area contributed by atoms with Crippen molar-refractivity contribution in [3.63, 3.8) is 0 Å². The van der Waals surface area contributed by atoms with E-state index in [9.17, 15) is 4.79 Å². The Morgan fingerprint density at radius 2 is 1.93 bits per heavy atom. The quantitative estimate of drug-likeness (QED) is 0.475. The van der Waals surface area contributed by atoms with E-state index in [1.165, 1.54) is 4.68 Å². The fourth-order valence-corrected chi connectivity index (χ4v) is 3.28. The average molecular weight is 421 g/mol. The van der Waals surface area contributed by atoms with E-state index >= 15 is 0 Å². The number of para-hydroxylation sites is 2. The first-order chi connectivity index (χ1) is 14.4. The number of rotatable bonds is 5. The van der Waals surface area contributed by atoms with E-state index in [0.717, 1.165) is 5.56 Å². The molecule has 0 aliphatic carbocycles. The topological polar surface area (TPSA) is 98.2 Å². The van der Waals surface area contributed by atoms with Gasteiger partial charge < -0.3 is 11.1 Å². The van der Waals surface area contributed by atoms with Crippen molar-refractivity contribution in [3.05, 3.63) is 64.7 Å². The summed E-state index contributed by atoms with van der Waals surface area (Å²) in [6, 6.07) is 14.7. The first-order valence-electron chi connectivity index (χ1n) is 9.59. The van der Waals surface area contributed by atoms with Gasteiger partial charge in [0.1, 0.15) is 16.9 Å². The number of fused-ring (bicyclic) bond motifs is 2. The van der Waals surface area contributed by atoms with Gasteiger partial charge in [-0.05, 0) is 35.7 Å². The molecule has 0 fully saturated rings. The number of aromatic nitrogens is 3. The zero-order chi connectivity index (χ0) is 21.3. The van der Waals surface area contributed by atoms with Gasteiger partial charge in [0.05, 0.1) is 17.2 Å². The van der Waals surface area contributed by atoms with E-state index < -0.39 is 0 Å². The zero-order valence-corrected chi connectivity index (χ0v) is 17.4. The Morgan fingerprint density at radius 3 is 2.63 bits per heavy atom. The third kappa shape index (κ3) is 3.84. The lowest BCUT2D eigenvalue weighted by Crippen LogP contribution is -2.28.